The Kier molecular flexibility index (Phi) is 5.24. The molecule has 1 aliphatic rings. The highest BCUT2D eigenvalue weighted by Crippen LogP contribution is 2.41. The van der Waals surface area contributed by atoms with Crippen LogP contribution < -0.4 is 0 Å². The van der Waals surface area contributed by atoms with Crippen molar-refractivity contribution >= 4 is 34.9 Å². The summed E-state index contributed by atoms with van der Waals surface area (Å²) < 4.78 is 9.54. The molecule has 1 aromatic heterocycles. The van der Waals surface area contributed by atoms with Gasteiger partial charge in [0.15, 0.2) is 0 Å². The average Bonchev–Trinajstić information content (AvgIpc) is 3.03. The quantitative estimate of drug-likeness (QED) is 0.496. The van der Waals surface area contributed by atoms with Crippen LogP contribution in [0.5, 0.6) is 0 Å². The van der Waals surface area contributed by atoms with Gasteiger partial charge in [-0.1, -0.05) is 41.6 Å². The Bertz CT molecular complexity index is 784. The molecule has 1 heterocycles. The fourth-order valence-electron chi connectivity index (χ4n) is 3.73. The van der Waals surface area contributed by atoms with E-state index in [0.29, 0.717) is 6.73 Å². The summed E-state index contributed by atoms with van der Waals surface area (Å²) in [6.07, 6.45) is 3.41. The van der Waals surface area contributed by atoms with Crippen molar-refractivity contribution in [2.75, 3.05) is 6.61 Å². The van der Waals surface area contributed by atoms with Gasteiger partial charge in [-0.3, -0.25) is 0 Å². The van der Waals surface area contributed by atoms with Crippen LogP contribution in [0.1, 0.15) is 37.1 Å². The average molecular weight is 424 g/mol. The predicted octanol–water partition coefficient (Wildman–Crippen LogP) is 5.43. The summed E-state index contributed by atoms with van der Waals surface area (Å²) in [5.41, 5.74) is 4.07. The highest BCUT2D eigenvalue weighted by molar-refractivity contribution is 9.10. The lowest BCUT2D eigenvalue weighted by Gasteiger charge is -2.22. The predicted molar refractivity (Wildman–Crippen MR) is 111 cm³/mol. The number of hydrogen-bond donors (Lipinski definition) is 1. The summed E-state index contributed by atoms with van der Waals surface area (Å²) in [5.74, 6) is 0. The van der Waals surface area contributed by atoms with Gasteiger partial charge in [0.05, 0.1) is 11.1 Å². The molecule has 0 radical (unpaired) electrons. The van der Waals surface area contributed by atoms with Crippen LogP contribution >= 0.6 is 15.9 Å². The lowest BCUT2D eigenvalue weighted by molar-refractivity contribution is 0.0760. The van der Waals surface area contributed by atoms with Crippen LogP contribution in [0.15, 0.2) is 16.6 Å². The molecule has 0 saturated heterocycles. The Morgan fingerprint density at radius 3 is 2.60 bits per heavy atom. The highest BCUT2D eigenvalue weighted by Gasteiger charge is 2.29. The molecule has 3 rings (SSSR count). The smallest absolute Gasteiger partial charge is 0.123 e. The van der Waals surface area contributed by atoms with Crippen LogP contribution in [-0.4, -0.2) is 24.4 Å². The largest absolute Gasteiger partial charge is 0.386 e. The summed E-state index contributed by atoms with van der Waals surface area (Å²) >= 11 is 3.74. The number of benzene rings is 1. The van der Waals surface area contributed by atoms with Crippen molar-refractivity contribution in [2.45, 2.75) is 71.1 Å². The van der Waals surface area contributed by atoms with E-state index in [2.05, 4.69) is 46.2 Å². The molecule has 1 N–H and O–H groups in total. The minimum atomic E-state index is -1.08. The molecule has 0 amide bonds. The van der Waals surface area contributed by atoms with Gasteiger partial charge in [0.1, 0.15) is 6.73 Å². The first-order chi connectivity index (χ1) is 11.6. The topological polar surface area (TPSA) is 34.4 Å². The number of halogens is 1. The zero-order chi connectivity index (χ0) is 18.4. The van der Waals surface area contributed by atoms with Crippen molar-refractivity contribution in [1.82, 2.24) is 4.57 Å². The summed E-state index contributed by atoms with van der Waals surface area (Å²) in [4.78, 5) is 0. The van der Waals surface area contributed by atoms with E-state index in [4.69, 9.17) is 4.74 Å². The number of rotatable bonds is 6. The molecule has 5 heteroatoms. The Hall–Kier alpha value is -0.623. The van der Waals surface area contributed by atoms with Gasteiger partial charge in [0, 0.05) is 35.8 Å². The van der Waals surface area contributed by atoms with Gasteiger partial charge in [-0.2, -0.15) is 0 Å². The lowest BCUT2D eigenvalue weighted by atomic mass is 9.95. The third-order valence-corrected chi connectivity index (χ3v) is 7.45. The molecule has 138 valence electrons. The minimum absolute atomic E-state index is 0.579. The van der Waals surface area contributed by atoms with E-state index in [1.54, 1.807) is 0 Å². The Morgan fingerprint density at radius 1 is 1.24 bits per heavy atom. The maximum absolute atomic E-state index is 10.7. The second-order valence-corrected chi connectivity index (χ2v) is 15.4. The van der Waals surface area contributed by atoms with Crippen LogP contribution in [-0.2, 0) is 29.9 Å². The third kappa shape index (κ3) is 3.89. The summed E-state index contributed by atoms with van der Waals surface area (Å²) in [7, 11) is -1.08. The minimum Gasteiger partial charge on any atom is -0.386 e. The number of nitrogens with zero attached hydrogens (tertiary/aromatic N) is 1. The maximum Gasteiger partial charge on any atom is 0.123 e. The molecule has 0 spiro atoms. The number of hydrogen-bond acceptors (Lipinski definition) is 2. The van der Waals surface area contributed by atoms with E-state index < -0.39 is 13.7 Å². The maximum atomic E-state index is 10.7. The van der Waals surface area contributed by atoms with E-state index in [9.17, 15) is 5.11 Å². The number of fused-ring (bicyclic) bond motifs is 3. The fraction of sp³-hybridized carbons (Fsp3) is 0.600. The number of ether oxygens (including phenoxy) is 1. The van der Waals surface area contributed by atoms with Crippen molar-refractivity contribution in [3.05, 3.63) is 33.4 Å². The van der Waals surface area contributed by atoms with Gasteiger partial charge < -0.3 is 14.4 Å². The van der Waals surface area contributed by atoms with E-state index in [0.717, 1.165) is 35.0 Å². The van der Waals surface area contributed by atoms with Gasteiger partial charge >= 0.3 is 0 Å². The van der Waals surface area contributed by atoms with Gasteiger partial charge in [0.2, 0.25) is 0 Å². The van der Waals surface area contributed by atoms with E-state index >= 15 is 0 Å². The van der Waals surface area contributed by atoms with E-state index in [1.807, 2.05) is 19.9 Å². The van der Waals surface area contributed by atoms with Crippen molar-refractivity contribution in [3.63, 3.8) is 0 Å². The van der Waals surface area contributed by atoms with Crippen LogP contribution in [0, 0.1) is 0 Å². The molecule has 0 atom stereocenters. The highest BCUT2D eigenvalue weighted by atomic mass is 79.9. The number of aryl methyl sites for hydroxylation is 1. The second kappa shape index (κ2) is 6.84. The first-order valence-electron chi connectivity index (χ1n) is 9.22. The van der Waals surface area contributed by atoms with Crippen molar-refractivity contribution in [2.24, 2.45) is 0 Å². The molecule has 25 heavy (non-hydrogen) atoms. The van der Waals surface area contributed by atoms with Crippen LogP contribution in [0.4, 0.5) is 0 Å². The fourth-order valence-corrected chi connectivity index (χ4v) is 5.05. The summed E-state index contributed by atoms with van der Waals surface area (Å²) in [5, 5.41) is 12.0. The van der Waals surface area contributed by atoms with Gasteiger partial charge in [-0.15, -0.1) is 0 Å². The first kappa shape index (κ1) is 19.1. The molecule has 0 saturated carbocycles. The molecular weight excluding hydrogens is 394 g/mol. The van der Waals surface area contributed by atoms with Crippen LogP contribution in [0.2, 0.25) is 25.7 Å². The molecular formula is C20H30BrNO2Si. The van der Waals surface area contributed by atoms with Gasteiger partial charge in [-0.05, 0) is 50.8 Å². The molecule has 3 nitrogen and oxygen atoms in total. The summed E-state index contributed by atoms with van der Waals surface area (Å²) in [6, 6.07) is 5.29. The lowest BCUT2D eigenvalue weighted by Crippen LogP contribution is -2.22. The monoisotopic (exact) mass is 423 g/mol. The molecule has 0 bridgehead atoms. The van der Waals surface area contributed by atoms with Gasteiger partial charge in [-0.25, -0.2) is 0 Å². The molecule has 0 unspecified atom stereocenters. The number of aliphatic hydroxyl groups is 1. The first-order valence-corrected chi connectivity index (χ1v) is 13.7. The van der Waals surface area contributed by atoms with E-state index in [-0.39, 0.29) is 0 Å². The third-order valence-electron chi connectivity index (χ3n) is 5.09. The second-order valence-electron chi connectivity index (χ2n) is 8.93. The molecule has 1 aromatic carbocycles. The zero-order valence-electron chi connectivity index (χ0n) is 16.1. The molecule has 2 aromatic rings. The molecule has 0 aliphatic heterocycles. The summed E-state index contributed by atoms with van der Waals surface area (Å²) in [6.45, 7) is 12.3. The standard InChI is InChI=1S/C20H30BrNO2Si/c1-20(2,23)15-9-10-16(21)18-14-7-6-8-17(14)22(19(15)18)13-24-11-12-25(3,4)5/h9-10,23H,6-8,11-13H2,1-5H3. The van der Waals surface area contributed by atoms with Crippen LogP contribution in [0.3, 0.4) is 0 Å². The number of aromatic nitrogens is 1. The Labute approximate surface area is 160 Å². The normalized spacial score (nSPS) is 15.2. The van der Waals surface area contributed by atoms with Gasteiger partial charge in [0.25, 0.3) is 0 Å². The zero-order valence-corrected chi connectivity index (χ0v) is 18.7. The molecule has 0 fully saturated rings. The van der Waals surface area contributed by atoms with Crippen molar-refractivity contribution in [3.8, 4) is 0 Å². The van der Waals surface area contributed by atoms with Crippen LogP contribution in [0.25, 0.3) is 10.9 Å². The Morgan fingerprint density at radius 2 is 1.96 bits per heavy atom. The Balaban J connectivity index is 2.03. The van der Waals surface area contributed by atoms with Crippen molar-refractivity contribution in [1.29, 1.82) is 0 Å². The van der Waals surface area contributed by atoms with E-state index in [1.165, 1.54) is 29.1 Å². The molecule has 1 aliphatic carbocycles. The SMILES string of the molecule is CC(C)(O)c1ccc(Br)c2c3c(n(COCC[Si](C)(C)C)c12)CCC3. The van der Waals surface area contributed by atoms with Crippen molar-refractivity contribution < 1.29 is 9.84 Å².